The van der Waals surface area contributed by atoms with Gasteiger partial charge in [0.15, 0.2) is 0 Å². The molecule has 3 rings (SSSR count). The van der Waals surface area contributed by atoms with Crippen LogP contribution in [-0.2, 0) is 6.54 Å². The lowest BCUT2D eigenvalue weighted by Gasteiger charge is -2.08. The normalized spacial score (nSPS) is 10.5. The minimum atomic E-state index is -0.962. The Kier molecular flexibility index (Phi) is 4.07. The Morgan fingerprint density at radius 2 is 1.79 bits per heavy atom. The fraction of sp³-hybridized carbons (Fsp3) is 0.0588. The van der Waals surface area contributed by atoms with E-state index in [-0.39, 0.29) is 11.3 Å². The van der Waals surface area contributed by atoms with Crippen LogP contribution in [0.25, 0.3) is 11.4 Å². The molecule has 7 heteroatoms. The van der Waals surface area contributed by atoms with Crippen LogP contribution in [0.3, 0.4) is 0 Å². The van der Waals surface area contributed by atoms with E-state index in [1.54, 1.807) is 42.6 Å². The van der Waals surface area contributed by atoms with Crippen molar-refractivity contribution in [3.8, 4) is 11.4 Å². The monoisotopic (exact) mass is 323 g/mol. The number of hydrogen-bond acceptors (Lipinski definition) is 4. The molecule has 0 amide bonds. The van der Waals surface area contributed by atoms with E-state index in [0.717, 1.165) is 11.1 Å². The highest BCUT2D eigenvalue weighted by molar-refractivity contribution is 5.87. The van der Waals surface area contributed by atoms with E-state index in [2.05, 4.69) is 4.98 Å². The number of nitro groups is 1. The number of aromatic carboxylic acids is 1. The second-order valence-corrected chi connectivity index (χ2v) is 5.18. The molecule has 0 atom stereocenters. The Labute approximate surface area is 137 Å². The molecule has 0 unspecified atom stereocenters. The molecule has 24 heavy (non-hydrogen) atoms. The fourth-order valence-electron chi connectivity index (χ4n) is 2.38. The third-order valence-electron chi connectivity index (χ3n) is 3.61. The smallest absolute Gasteiger partial charge is 0.335 e. The summed E-state index contributed by atoms with van der Waals surface area (Å²) in [6.07, 6.45) is 3.46. The molecule has 0 saturated carbocycles. The second-order valence-electron chi connectivity index (χ2n) is 5.18. The summed E-state index contributed by atoms with van der Waals surface area (Å²) in [5.41, 5.74) is 1.97. The summed E-state index contributed by atoms with van der Waals surface area (Å²) in [6, 6.07) is 12.8. The van der Waals surface area contributed by atoms with Crippen molar-refractivity contribution >= 4 is 11.7 Å². The molecule has 120 valence electrons. The molecule has 0 spiro atoms. The highest BCUT2D eigenvalue weighted by Crippen LogP contribution is 2.22. The Morgan fingerprint density at radius 1 is 1.12 bits per heavy atom. The van der Waals surface area contributed by atoms with E-state index < -0.39 is 10.9 Å². The number of imidazole rings is 1. The molecule has 1 N–H and O–H groups in total. The van der Waals surface area contributed by atoms with Crippen molar-refractivity contribution in [3.05, 3.63) is 82.2 Å². The van der Waals surface area contributed by atoms with Gasteiger partial charge in [0, 0.05) is 36.6 Å². The highest BCUT2D eigenvalue weighted by Gasteiger charge is 2.10. The van der Waals surface area contributed by atoms with Gasteiger partial charge in [-0.3, -0.25) is 10.1 Å². The number of nitrogens with zero attached hydrogens (tertiary/aromatic N) is 3. The van der Waals surface area contributed by atoms with Crippen LogP contribution >= 0.6 is 0 Å². The number of hydrogen-bond donors (Lipinski definition) is 1. The second kappa shape index (κ2) is 6.33. The Bertz CT molecular complexity index is 883. The number of non-ortho nitro benzene ring substituents is 1. The van der Waals surface area contributed by atoms with Crippen LogP contribution in [0.2, 0.25) is 0 Å². The highest BCUT2D eigenvalue weighted by atomic mass is 16.6. The summed E-state index contributed by atoms with van der Waals surface area (Å²) in [5.74, 6) is -0.275. The molecule has 7 nitrogen and oxygen atoms in total. The lowest BCUT2D eigenvalue weighted by Crippen LogP contribution is -2.02. The summed E-state index contributed by atoms with van der Waals surface area (Å²) in [6.45, 7) is 0.520. The van der Waals surface area contributed by atoms with Gasteiger partial charge in [-0.2, -0.15) is 0 Å². The molecule has 1 aromatic heterocycles. The lowest BCUT2D eigenvalue weighted by atomic mass is 10.1. The van der Waals surface area contributed by atoms with Gasteiger partial charge in [-0.1, -0.05) is 12.1 Å². The van der Waals surface area contributed by atoms with E-state index in [9.17, 15) is 14.9 Å². The third-order valence-corrected chi connectivity index (χ3v) is 3.61. The maximum atomic E-state index is 10.9. The van der Waals surface area contributed by atoms with Crippen LogP contribution in [0, 0.1) is 10.1 Å². The van der Waals surface area contributed by atoms with Crippen LogP contribution < -0.4 is 0 Å². The molecule has 1 heterocycles. The average molecular weight is 323 g/mol. The SMILES string of the molecule is O=C(O)c1ccc(Cn2ccnc2-c2ccc([N+](=O)[O-])cc2)cc1. The summed E-state index contributed by atoms with van der Waals surface area (Å²) >= 11 is 0. The van der Waals surface area contributed by atoms with E-state index >= 15 is 0 Å². The Morgan fingerprint density at radius 3 is 2.38 bits per heavy atom. The minimum absolute atomic E-state index is 0.0288. The maximum Gasteiger partial charge on any atom is 0.335 e. The lowest BCUT2D eigenvalue weighted by molar-refractivity contribution is -0.384. The van der Waals surface area contributed by atoms with Crippen LogP contribution in [-0.4, -0.2) is 25.6 Å². The number of benzene rings is 2. The van der Waals surface area contributed by atoms with Crippen molar-refractivity contribution in [2.45, 2.75) is 6.54 Å². The van der Waals surface area contributed by atoms with E-state index in [0.29, 0.717) is 12.4 Å². The van der Waals surface area contributed by atoms with Gasteiger partial charge < -0.3 is 9.67 Å². The first-order chi connectivity index (χ1) is 11.5. The predicted molar refractivity (Wildman–Crippen MR) is 86.8 cm³/mol. The number of nitro benzene ring substituents is 1. The average Bonchev–Trinajstić information content (AvgIpc) is 3.03. The Balaban J connectivity index is 1.84. The molecule has 0 aliphatic rings. The number of rotatable bonds is 5. The van der Waals surface area contributed by atoms with Gasteiger partial charge in [-0.25, -0.2) is 9.78 Å². The quantitative estimate of drug-likeness (QED) is 0.574. The molecule has 0 aliphatic heterocycles. The number of carbonyl (C=O) groups is 1. The molecule has 0 aliphatic carbocycles. The van der Waals surface area contributed by atoms with Crippen molar-refractivity contribution < 1.29 is 14.8 Å². The van der Waals surface area contributed by atoms with Crippen LogP contribution in [0.4, 0.5) is 5.69 Å². The topological polar surface area (TPSA) is 98.3 Å². The van der Waals surface area contributed by atoms with Gasteiger partial charge in [0.1, 0.15) is 5.82 Å². The van der Waals surface area contributed by atoms with Gasteiger partial charge in [0.2, 0.25) is 0 Å². The molecule has 2 aromatic carbocycles. The summed E-state index contributed by atoms with van der Waals surface area (Å²) in [4.78, 5) is 25.5. The van der Waals surface area contributed by atoms with E-state index in [1.165, 1.54) is 12.1 Å². The van der Waals surface area contributed by atoms with Crippen molar-refractivity contribution in [1.29, 1.82) is 0 Å². The zero-order chi connectivity index (χ0) is 17.1. The summed E-state index contributed by atoms with van der Waals surface area (Å²) in [5, 5.41) is 19.6. The van der Waals surface area contributed by atoms with Crippen LogP contribution in [0.5, 0.6) is 0 Å². The third kappa shape index (κ3) is 3.14. The Hall–Kier alpha value is -3.48. The summed E-state index contributed by atoms with van der Waals surface area (Å²) in [7, 11) is 0. The number of aromatic nitrogens is 2. The molecule has 0 radical (unpaired) electrons. The molecule has 3 aromatic rings. The van der Waals surface area contributed by atoms with Gasteiger partial charge in [0.25, 0.3) is 5.69 Å². The zero-order valence-electron chi connectivity index (χ0n) is 12.5. The molecule has 0 bridgehead atoms. The fourth-order valence-corrected chi connectivity index (χ4v) is 2.38. The van der Waals surface area contributed by atoms with Crippen molar-refractivity contribution in [1.82, 2.24) is 9.55 Å². The molecular formula is C17H13N3O4. The molecular weight excluding hydrogens is 310 g/mol. The van der Waals surface area contributed by atoms with E-state index in [1.807, 2.05) is 10.8 Å². The van der Waals surface area contributed by atoms with Crippen LogP contribution in [0.1, 0.15) is 15.9 Å². The first kappa shape index (κ1) is 15.4. The zero-order valence-corrected chi connectivity index (χ0v) is 12.5. The van der Waals surface area contributed by atoms with Gasteiger partial charge in [0.05, 0.1) is 10.5 Å². The maximum absolute atomic E-state index is 10.9. The van der Waals surface area contributed by atoms with E-state index in [4.69, 9.17) is 5.11 Å². The molecule has 0 saturated heterocycles. The number of carboxylic acids is 1. The molecule has 0 fully saturated rings. The van der Waals surface area contributed by atoms with Gasteiger partial charge in [-0.05, 0) is 29.8 Å². The summed E-state index contributed by atoms with van der Waals surface area (Å²) < 4.78 is 1.90. The van der Waals surface area contributed by atoms with Crippen molar-refractivity contribution in [3.63, 3.8) is 0 Å². The van der Waals surface area contributed by atoms with Gasteiger partial charge in [-0.15, -0.1) is 0 Å². The number of carboxylic acid groups (broad SMARTS) is 1. The minimum Gasteiger partial charge on any atom is -0.478 e. The predicted octanol–water partition coefficient (Wildman–Crippen LogP) is 3.20. The van der Waals surface area contributed by atoms with Crippen LogP contribution in [0.15, 0.2) is 60.9 Å². The largest absolute Gasteiger partial charge is 0.478 e. The van der Waals surface area contributed by atoms with Gasteiger partial charge >= 0.3 is 5.97 Å². The first-order valence-corrected chi connectivity index (χ1v) is 7.13. The van der Waals surface area contributed by atoms with Crippen molar-refractivity contribution in [2.75, 3.05) is 0 Å². The van der Waals surface area contributed by atoms with Crippen molar-refractivity contribution in [2.24, 2.45) is 0 Å². The standard InChI is InChI=1S/C17H13N3O4/c21-17(22)14-3-1-12(2-4-14)11-19-10-9-18-16(19)13-5-7-15(8-6-13)20(23)24/h1-10H,11H2,(H,21,22). The first-order valence-electron chi connectivity index (χ1n) is 7.13.